The van der Waals surface area contributed by atoms with Gasteiger partial charge in [0.15, 0.2) is 5.71 Å². The molecule has 2 amide bonds. The van der Waals surface area contributed by atoms with Crippen LogP contribution in [-0.4, -0.2) is 99.8 Å². The molecule has 0 aromatic heterocycles. The molecule has 19 nitrogen and oxygen atoms in total. The molecule has 3 heterocycles. The van der Waals surface area contributed by atoms with Crippen molar-refractivity contribution in [3.63, 3.8) is 0 Å². The van der Waals surface area contributed by atoms with Crippen LogP contribution >= 0.6 is 36.1 Å². The van der Waals surface area contributed by atoms with Crippen LogP contribution in [-0.2, 0) is 68.2 Å². The molecule has 23 heteroatoms. The first-order valence-corrected chi connectivity index (χ1v) is 23.4. The molecule has 1 fully saturated rings. The van der Waals surface area contributed by atoms with E-state index in [-0.39, 0.29) is 17.7 Å². The summed E-state index contributed by atoms with van der Waals surface area (Å²) in [5.41, 5.74) is 4.40. The van der Waals surface area contributed by atoms with Gasteiger partial charge < -0.3 is 9.74 Å². The smallest absolute Gasteiger partial charge is 0.344 e. The average molecular weight is 954 g/mol. The second-order valence-electron chi connectivity index (χ2n) is 15.1. The predicted octanol–water partition coefficient (Wildman–Crippen LogP) is 6.99. The standard InChI is InChI=1S/C40H48N4O15S4/c1-39(2)30-25-28(62-59-56-50)15-17-32(30)42(21-11-23-60-57-54-48)34(39)13-9-7-6-8-10-14-35-40(3,4)31-26-29(16-18-33(31)43(35)22-12-24-61-58-55-49)63(51,52)41(5)27-38(47)53-44-36(45)19-20-37(44)46/h6-10,13-18,25-26H,11-12,19-24,27H2,1-5H3,(H2-,48,49,50)/p+1. The van der Waals surface area contributed by atoms with Crippen molar-refractivity contribution in [3.05, 3.63) is 95.8 Å². The number of allylic oxidation sites excluding steroid dienone is 8. The Hall–Kier alpha value is -3.92. The lowest BCUT2D eigenvalue weighted by Crippen LogP contribution is -2.38. The highest BCUT2D eigenvalue weighted by atomic mass is 32.2. The molecule has 0 radical (unpaired) electrons. The molecule has 0 bridgehead atoms. The normalized spacial score (nSPS) is 17.8. The fourth-order valence-corrected chi connectivity index (χ4v) is 9.71. The third kappa shape index (κ3) is 12.1. The second kappa shape index (κ2) is 22.8. The average Bonchev–Trinajstić information content (AvgIpc) is 3.76. The summed E-state index contributed by atoms with van der Waals surface area (Å²) in [6.45, 7) is 8.63. The Kier molecular flexibility index (Phi) is 18.1. The zero-order chi connectivity index (χ0) is 45.8. The van der Waals surface area contributed by atoms with Crippen molar-refractivity contribution >= 4 is 81.0 Å². The first kappa shape index (κ1) is 50.1. The number of sulfonamides is 1. The lowest BCUT2D eigenvalue weighted by atomic mass is 9.81. The topological polar surface area (TPSA) is 223 Å². The molecule has 0 unspecified atom stereocenters. The van der Waals surface area contributed by atoms with E-state index in [9.17, 15) is 22.8 Å². The molecular formula is C40H49N4O15S4+. The van der Waals surface area contributed by atoms with Crippen LogP contribution in [0, 0.1) is 0 Å². The largest absolute Gasteiger partial charge is 0.348 e. The number of carbonyl (C=O) groups excluding carboxylic acids is 3. The van der Waals surface area contributed by atoms with Gasteiger partial charge in [0.25, 0.3) is 11.8 Å². The van der Waals surface area contributed by atoms with Gasteiger partial charge in [-0.05, 0) is 62.2 Å². The van der Waals surface area contributed by atoms with Gasteiger partial charge in [0, 0.05) is 108 Å². The quantitative estimate of drug-likeness (QED) is 0.0183. The minimum absolute atomic E-state index is 0.0627. The molecule has 0 spiro atoms. The Morgan fingerprint density at radius 1 is 0.841 bits per heavy atom. The first-order valence-electron chi connectivity index (χ1n) is 19.4. The number of hydrogen-bond acceptors (Lipinski definition) is 19. The Bertz CT molecular complexity index is 2250. The number of imide groups is 1. The molecule has 0 saturated carbocycles. The van der Waals surface area contributed by atoms with E-state index in [2.05, 4.69) is 51.4 Å². The fraction of sp³-hybridized carbons (Fsp3) is 0.400. The summed E-state index contributed by atoms with van der Waals surface area (Å²) >= 11 is 2.82. The fourth-order valence-electron chi connectivity index (χ4n) is 7.45. The maximum absolute atomic E-state index is 13.7. The lowest BCUT2D eigenvalue weighted by molar-refractivity contribution is -0.438. The summed E-state index contributed by atoms with van der Waals surface area (Å²) in [4.78, 5) is 44.0. The third-order valence-corrected chi connectivity index (χ3v) is 14.1. The number of likely N-dealkylation sites (N-methyl/N-ethyl adjacent to an activating group) is 1. The minimum Gasteiger partial charge on any atom is -0.344 e. The van der Waals surface area contributed by atoms with Gasteiger partial charge in [-0.3, -0.25) is 9.59 Å². The Balaban J connectivity index is 1.35. The summed E-state index contributed by atoms with van der Waals surface area (Å²) in [6, 6.07) is 10.6. The number of nitrogens with zero attached hydrogens (tertiary/aromatic N) is 4. The molecular weight excluding hydrogens is 905 g/mol. The molecule has 0 aliphatic carbocycles. The van der Waals surface area contributed by atoms with E-state index in [4.69, 9.17) is 20.6 Å². The van der Waals surface area contributed by atoms with Crippen LogP contribution in [0.4, 0.5) is 11.4 Å². The van der Waals surface area contributed by atoms with E-state index in [1.54, 1.807) is 12.1 Å². The Labute approximate surface area is 377 Å². The summed E-state index contributed by atoms with van der Waals surface area (Å²) in [6.07, 6.45) is 14.7. The van der Waals surface area contributed by atoms with Crippen molar-refractivity contribution in [1.29, 1.82) is 0 Å². The number of carbonyl (C=O) groups is 3. The van der Waals surface area contributed by atoms with Gasteiger partial charge in [0.2, 0.25) is 15.7 Å². The van der Waals surface area contributed by atoms with E-state index in [1.165, 1.54) is 13.1 Å². The van der Waals surface area contributed by atoms with Crippen LogP contribution in [0.25, 0.3) is 0 Å². The van der Waals surface area contributed by atoms with Gasteiger partial charge in [0.1, 0.15) is 13.1 Å². The van der Waals surface area contributed by atoms with Crippen LogP contribution in [0.2, 0.25) is 0 Å². The molecule has 2 aromatic carbocycles. The second-order valence-corrected chi connectivity index (χ2v) is 19.5. The third-order valence-electron chi connectivity index (χ3n) is 10.5. The maximum Gasteiger partial charge on any atom is 0.348 e. The maximum atomic E-state index is 13.7. The SMILES string of the molecule is CN(CC(=O)ON1C(=O)CCC1=O)S(=O)(=O)c1ccc2c(c1)C(C)(C)\C(=C/C=C/C=C/C=C/C1=[N+](CCCSOOO)c3ccc(SOOO)cc3C1(C)C)N2CCCSOOO. The molecule has 342 valence electrons. The van der Waals surface area contributed by atoms with Crippen LogP contribution < -0.4 is 4.90 Å². The van der Waals surface area contributed by atoms with Crippen molar-refractivity contribution in [2.45, 2.75) is 74.0 Å². The molecule has 63 heavy (non-hydrogen) atoms. The number of fused-ring (bicyclic) bond motifs is 2. The number of hydroxylamine groups is 2. The highest BCUT2D eigenvalue weighted by Crippen LogP contribution is 2.49. The van der Waals surface area contributed by atoms with Crippen LogP contribution in [0.15, 0.2) is 94.4 Å². The predicted molar refractivity (Wildman–Crippen MR) is 233 cm³/mol. The van der Waals surface area contributed by atoms with E-state index in [0.29, 0.717) is 42.5 Å². The summed E-state index contributed by atoms with van der Waals surface area (Å²) in [7, 11) is -3.02. The van der Waals surface area contributed by atoms with Gasteiger partial charge in [-0.1, -0.05) is 59.3 Å². The van der Waals surface area contributed by atoms with Crippen molar-refractivity contribution in [2.75, 3.05) is 43.1 Å². The monoisotopic (exact) mass is 953 g/mol. The van der Waals surface area contributed by atoms with Gasteiger partial charge in [-0.2, -0.15) is 8.88 Å². The van der Waals surface area contributed by atoms with E-state index in [1.807, 2.05) is 74.6 Å². The molecule has 2 aromatic rings. The van der Waals surface area contributed by atoms with E-state index < -0.39 is 45.2 Å². The number of amides is 2. The molecule has 3 aliphatic heterocycles. The number of anilines is 1. The van der Waals surface area contributed by atoms with Crippen LogP contribution in [0.3, 0.4) is 0 Å². The van der Waals surface area contributed by atoms with Crippen molar-refractivity contribution in [2.24, 2.45) is 0 Å². The first-order chi connectivity index (χ1) is 30.1. The Morgan fingerprint density at radius 3 is 2.17 bits per heavy atom. The summed E-state index contributed by atoms with van der Waals surface area (Å²) in [5.74, 6) is -1.38. The number of rotatable bonds is 24. The molecule has 3 N–H and O–H groups in total. The van der Waals surface area contributed by atoms with E-state index >= 15 is 0 Å². The van der Waals surface area contributed by atoms with Crippen molar-refractivity contribution < 1.29 is 76.1 Å². The minimum atomic E-state index is -4.23. The molecule has 5 rings (SSSR count). The highest BCUT2D eigenvalue weighted by Gasteiger charge is 2.45. The van der Waals surface area contributed by atoms with Gasteiger partial charge in [-0.15, -0.1) is 18.1 Å². The number of benzene rings is 2. The van der Waals surface area contributed by atoms with Crippen molar-refractivity contribution in [1.82, 2.24) is 9.37 Å². The van der Waals surface area contributed by atoms with Gasteiger partial charge in [0.05, 0.1) is 22.4 Å². The van der Waals surface area contributed by atoms with Crippen molar-refractivity contribution in [3.8, 4) is 0 Å². The van der Waals surface area contributed by atoms with Crippen LogP contribution in [0.1, 0.15) is 64.5 Å². The highest BCUT2D eigenvalue weighted by molar-refractivity contribution is 7.95. The zero-order valence-electron chi connectivity index (χ0n) is 35.0. The van der Waals surface area contributed by atoms with E-state index in [0.717, 1.165) is 79.2 Å². The number of hydrogen-bond donors (Lipinski definition) is 3. The zero-order valence-corrected chi connectivity index (χ0v) is 38.3. The summed E-state index contributed by atoms with van der Waals surface area (Å²) in [5, 5.41) is 37.3. The van der Waals surface area contributed by atoms with Gasteiger partial charge >= 0.3 is 5.97 Å². The lowest BCUT2D eigenvalue weighted by Gasteiger charge is -2.27. The Morgan fingerprint density at radius 2 is 1.49 bits per heavy atom. The van der Waals surface area contributed by atoms with Crippen LogP contribution in [0.5, 0.6) is 0 Å². The summed E-state index contributed by atoms with van der Waals surface area (Å²) < 4.78 is 44.2. The molecule has 3 aliphatic rings. The molecule has 1 saturated heterocycles. The molecule has 0 atom stereocenters. The van der Waals surface area contributed by atoms with Gasteiger partial charge in [-0.25, -0.2) is 29.0 Å².